The second kappa shape index (κ2) is 3.46. The van der Waals surface area contributed by atoms with Gasteiger partial charge in [-0.05, 0) is 13.3 Å². The molecule has 0 saturated heterocycles. The normalized spacial score (nSPS) is 27.4. The van der Waals surface area contributed by atoms with Crippen molar-refractivity contribution in [3.8, 4) is 0 Å². The van der Waals surface area contributed by atoms with Gasteiger partial charge in [-0.2, -0.15) is 0 Å². The lowest BCUT2D eigenvalue weighted by molar-refractivity contribution is 0.110. The van der Waals surface area contributed by atoms with Crippen LogP contribution in [0.4, 0.5) is 0 Å². The van der Waals surface area contributed by atoms with Crippen LogP contribution in [-0.4, -0.2) is 12.7 Å². The van der Waals surface area contributed by atoms with Gasteiger partial charge in [-0.1, -0.05) is 24.3 Å². The van der Waals surface area contributed by atoms with Crippen LogP contribution >= 0.6 is 0 Å². The van der Waals surface area contributed by atoms with Crippen molar-refractivity contribution < 1.29 is 4.74 Å². The molecule has 1 atom stereocenters. The van der Waals surface area contributed by atoms with Crippen LogP contribution in [0.25, 0.3) is 0 Å². The predicted octanol–water partition coefficient (Wildman–Crippen LogP) is 1.91. The molecule has 0 N–H and O–H groups in total. The maximum absolute atomic E-state index is 5.34. The SMILES string of the molecule is C/C=C\C1C=CCCO1. The first-order valence-corrected chi connectivity index (χ1v) is 3.34. The smallest absolute Gasteiger partial charge is 0.0937 e. The Hall–Kier alpha value is -0.560. The monoisotopic (exact) mass is 124 g/mol. The summed E-state index contributed by atoms with van der Waals surface area (Å²) in [6.07, 6.45) is 9.62. The average molecular weight is 124 g/mol. The highest BCUT2D eigenvalue weighted by Gasteiger charge is 2.01. The van der Waals surface area contributed by atoms with Gasteiger partial charge in [-0.15, -0.1) is 0 Å². The Morgan fingerprint density at radius 3 is 3.11 bits per heavy atom. The number of hydrogen-bond donors (Lipinski definition) is 0. The van der Waals surface area contributed by atoms with Gasteiger partial charge in [0, 0.05) is 0 Å². The lowest BCUT2D eigenvalue weighted by Crippen LogP contribution is -2.10. The molecule has 0 bridgehead atoms. The molecular formula is C8H12O. The van der Waals surface area contributed by atoms with E-state index in [2.05, 4.69) is 18.2 Å². The zero-order chi connectivity index (χ0) is 6.53. The Kier molecular flexibility index (Phi) is 2.52. The van der Waals surface area contributed by atoms with E-state index in [0.29, 0.717) is 0 Å². The van der Waals surface area contributed by atoms with E-state index in [1.807, 2.05) is 13.0 Å². The lowest BCUT2D eigenvalue weighted by atomic mass is 10.2. The van der Waals surface area contributed by atoms with Crippen molar-refractivity contribution in [3.63, 3.8) is 0 Å². The van der Waals surface area contributed by atoms with Crippen molar-refractivity contribution in [2.75, 3.05) is 6.61 Å². The summed E-state index contributed by atoms with van der Waals surface area (Å²) in [4.78, 5) is 0. The second-order valence-corrected chi connectivity index (χ2v) is 2.08. The Morgan fingerprint density at radius 1 is 1.67 bits per heavy atom. The maximum Gasteiger partial charge on any atom is 0.0937 e. The molecular weight excluding hydrogens is 112 g/mol. The van der Waals surface area contributed by atoms with E-state index >= 15 is 0 Å². The van der Waals surface area contributed by atoms with Crippen molar-refractivity contribution in [3.05, 3.63) is 24.3 Å². The maximum atomic E-state index is 5.34. The van der Waals surface area contributed by atoms with E-state index in [1.165, 1.54) is 0 Å². The molecule has 0 aromatic rings. The molecule has 0 fully saturated rings. The van der Waals surface area contributed by atoms with E-state index in [1.54, 1.807) is 0 Å². The Morgan fingerprint density at radius 2 is 2.56 bits per heavy atom. The molecule has 0 aromatic carbocycles. The summed E-state index contributed by atoms with van der Waals surface area (Å²) < 4.78 is 5.34. The number of allylic oxidation sites excluding steroid dienone is 1. The third-order valence-corrected chi connectivity index (χ3v) is 1.30. The molecule has 1 nitrogen and oxygen atoms in total. The quantitative estimate of drug-likeness (QED) is 0.485. The van der Waals surface area contributed by atoms with E-state index < -0.39 is 0 Å². The third-order valence-electron chi connectivity index (χ3n) is 1.30. The Balaban J connectivity index is 2.40. The molecule has 0 saturated carbocycles. The highest BCUT2D eigenvalue weighted by atomic mass is 16.5. The first-order chi connectivity index (χ1) is 4.43. The summed E-state index contributed by atoms with van der Waals surface area (Å²) >= 11 is 0. The second-order valence-electron chi connectivity index (χ2n) is 2.08. The first-order valence-electron chi connectivity index (χ1n) is 3.34. The summed E-state index contributed by atoms with van der Waals surface area (Å²) in [6, 6.07) is 0. The van der Waals surface area contributed by atoms with Crippen LogP contribution in [0, 0.1) is 0 Å². The van der Waals surface area contributed by atoms with Crippen LogP contribution in [0.5, 0.6) is 0 Å². The van der Waals surface area contributed by atoms with Crippen molar-refractivity contribution in [2.24, 2.45) is 0 Å². The van der Waals surface area contributed by atoms with E-state index in [-0.39, 0.29) is 6.10 Å². The molecule has 0 amide bonds. The minimum atomic E-state index is 0.240. The molecule has 50 valence electrons. The first kappa shape index (κ1) is 6.56. The molecule has 1 aliphatic rings. The number of rotatable bonds is 1. The zero-order valence-corrected chi connectivity index (χ0v) is 5.71. The van der Waals surface area contributed by atoms with Crippen molar-refractivity contribution in [1.82, 2.24) is 0 Å². The van der Waals surface area contributed by atoms with Gasteiger partial charge in [0.05, 0.1) is 12.7 Å². The minimum Gasteiger partial charge on any atom is -0.370 e. The molecule has 0 aliphatic carbocycles. The molecule has 1 aliphatic heterocycles. The number of ether oxygens (including phenoxy) is 1. The van der Waals surface area contributed by atoms with Crippen molar-refractivity contribution in [2.45, 2.75) is 19.4 Å². The average Bonchev–Trinajstić information content (AvgIpc) is 1.91. The number of hydrogen-bond acceptors (Lipinski definition) is 1. The van der Waals surface area contributed by atoms with Crippen molar-refractivity contribution in [1.29, 1.82) is 0 Å². The molecule has 1 heteroatoms. The lowest BCUT2D eigenvalue weighted by Gasteiger charge is -2.12. The van der Waals surface area contributed by atoms with Crippen LogP contribution in [0.3, 0.4) is 0 Å². The van der Waals surface area contributed by atoms with Crippen LogP contribution in [0.1, 0.15) is 13.3 Å². The van der Waals surface area contributed by atoms with Gasteiger partial charge < -0.3 is 4.74 Å². The summed E-state index contributed by atoms with van der Waals surface area (Å²) in [5.41, 5.74) is 0. The fraction of sp³-hybridized carbons (Fsp3) is 0.500. The summed E-state index contributed by atoms with van der Waals surface area (Å²) in [5, 5.41) is 0. The summed E-state index contributed by atoms with van der Waals surface area (Å²) in [5.74, 6) is 0. The summed E-state index contributed by atoms with van der Waals surface area (Å²) in [6.45, 7) is 2.87. The highest BCUT2D eigenvalue weighted by Crippen LogP contribution is 2.04. The molecule has 1 unspecified atom stereocenters. The molecule has 0 spiro atoms. The molecule has 9 heavy (non-hydrogen) atoms. The van der Waals surface area contributed by atoms with E-state index in [4.69, 9.17) is 4.74 Å². The van der Waals surface area contributed by atoms with Crippen LogP contribution < -0.4 is 0 Å². The fourth-order valence-electron chi connectivity index (χ4n) is 0.867. The third kappa shape index (κ3) is 2.02. The van der Waals surface area contributed by atoms with Gasteiger partial charge in [0.1, 0.15) is 0 Å². The van der Waals surface area contributed by atoms with Crippen molar-refractivity contribution >= 4 is 0 Å². The van der Waals surface area contributed by atoms with Crippen LogP contribution in [0.2, 0.25) is 0 Å². The standard InChI is InChI=1S/C8H12O/c1-2-5-8-6-3-4-7-9-8/h2-3,5-6,8H,4,7H2,1H3/b5-2-. The topological polar surface area (TPSA) is 9.23 Å². The Bertz CT molecular complexity index is 125. The van der Waals surface area contributed by atoms with E-state index in [9.17, 15) is 0 Å². The molecule has 1 rings (SSSR count). The van der Waals surface area contributed by atoms with Crippen LogP contribution in [0.15, 0.2) is 24.3 Å². The summed E-state index contributed by atoms with van der Waals surface area (Å²) in [7, 11) is 0. The zero-order valence-electron chi connectivity index (χ0n) is 5.71. The Labute approximate surface area is 56.0 Å². The minimum absolute atomic E-state index is 0.240. The van der Waals surface area contributed by atoms with Gasteiger partial charge in [-0.25, -0.2) is 0 Å². The largest absolute Gasteiger partial charge is 0.370 e. The van der Waals surface area contributed by atoms with Gasteiger partial charge in [0.2, 0.25) is 0 Å². The van der Waals surface area contributed by atoms with Gasteiger partial charge >= 0.3 is 0 Å². The molecule has 0 aromatic heterocycles. The van der Waals surface area contributed by atoms with Gasteiger partial charge in [0.25, 0.3) is 0 Å². The van der Waals surface area contributed by atoms with Gasteiger partial charge in [-0.3, -0.25) is 0 Å². The van der Waals surface area contributed by atoms with Gasteiger partial charge in [0.15, 0.2) is 0 Å². The molecule has 0 radical (unpaired) electrons. The molecule has 1 heterocycles. The highest BCUT2D eigenvalue weighted by molar-refractivity contribution is 5.03. The van der Waals surface area contributed by atoms with E-state index in [0.717, 1.165) is 13.0 Å². The van der Waals surface area contributed by atoms with Crippen LogP contribution in [-0.2, 0) is 4.74 Å². The predicted molar refractivity (Wildman–Crippen MR) is 38.3 cm³/mol. The fourth-order valence-corrected chi connectivity index (χ4v) is 0.867.